The average molecular weight is 259 g/mol. The van der Waals surface area contributed by atoms with Crippen LogP contribution in [0.2, 0.25) is 0 Å². The van der Waals surface area contributed by atoms with E-state index in [9.17, 15) is 0 Å². The first-order chi connectivity index (χ1) is 8.17. The van der Waals surface area contributed by atoms with Crippen LogP contribution in [-0.2, 0) is 11.3 Å². The molecule has 0 fully saturated rings. The highest BCUT2D eigenvalue weighted by atomic mass is 32.1. The molecule has 0 amide bonds. The first-order valence-electron chi connectivity index (χ1n) is 5.66. The average Bonchev–Trinajstić information content (AvgIpc) is 2.72. The molecule has 17 heavy (non-hydrogen) atoms. The molecule has 0 bridgehead atoms. The van der Waals surface area contributed by atoms with Gasteiger partial charge in [0.05, 0.1) is 6.61 Å². The molecule has 1 aromatic heterocycles. The van der Waals surface area contributed by atoms with Crippen molar-refractivity contribution in [3.8, 4) is 0 Å². The molecule has 1 rings (SSSR count). The summed E-state index contributed by atoms with van der Waals surface area (Å²) in [5.41, 5.74) is 3.52. The number of ether oxygens (including phenoxy) is 1. The SMILES string of the molecule is COCCN(Cc1nnsc1NN)CC(C)C. The summed E-state index contributed by atoms with van der Waals surface area (Å²) in [7, 11) is 1.71. The van der Waals surface area contributed by atoms with Crippen molar-refractivity contribution >= 4 is 16.5 Å². The van der Waals surface area contributed by atoms with E-state index in [0.717, 1.165) is 36.9 Å². The van der Waals surface area contributed by atoms with E-state index in [4.69, 9.17) is 10.6 Å². The van der Waals surface area contributed by atoms with Crippen molar-refractivity contribution in [2.45, 2.75) is 20.4 Å². The minimum absolute atomic E-state index is 0.604. The number of nitrogens with one attached hydrogen (secondary N) is 1. The number of nitrogens with two attached hydrogens (primary N) is 1. The largest absolute Gasteiger partial charge is 0.383 e. The third kappa shape index (κ3) is 4.95. The second kappa shape index (κ2) is 7.54. The van der Waals surface area contributed by atoms with Gasteiger partial charge in [-0.05, 0) is 5.92 Å². The van der Waals surface area contributed by atoms with E-state index in [1.54, 1.807) is 7.11 Å². The molecule has 98 valence electrons. The number of hydrogen-bond acceptors (Lipinski definition) is 7. The van der Waals surface area contributed by atoms with Crippen LogP contribution < -0.4 is 11.3 Å². The van der Waals surface area contributed by atoms with E-state index in [1.807, 2.05) is 0 Å². The van der Waals surface area contributed by atoms with Crippen LogP contribution >= 0.6 is 11.5 Å². The highest BCUT2D eigenvalue weighted by Crippen LogP contribution is 2.18. The minimum Gasteiger partial charge on any atom is -0.383 e. The lowest BCUT2D eigenvalue weighted by molar-refractivity contribution is 0.135. The summed E-state index contributed by atoms with van der Waals surface area (Å²) in [4.78, 5) is 2.30. The van der Waals surface area contributed by atoms with Crippen LogP contribution in [0, 0.1) is 5.92 Å². The number of hydrogen-bond donors (Lipinski definition) is 2. The summed E-state index contributed by atoms with van der Waals surface area (Å²) in [6.45, 7) is 7.75. The number of nitrogens with zero attached hydrogens (tertiary/aromatic N) is 3. The highest BCUT2D eigenvalue weighted by Gasteiger charge is 2.13. The van der Waals surface area contributed by atoms with Gasteiger partial charge in [-0.3, -0.25) is 4.90 Å². The normalized spacial score (nSPS) is 11.4. The van der Waals surface area contributed by atoms with E-state index < -0.39 is 0 Å². The second-order valence-electron chi connectivity index (χ2n) is 4.31. The fraction of sp³-hybridized carbons (Fsp3) is 0.800. The third-order valence-corrected chi connectivity index (χ3v) is 2.99. The van der Waals surface area contributed by atoms with Gasteiger partial charge < -0.3 is 10.2 Å². The van der Waals surface area contributed by atoms with Crippen molar-refractivity contribution in [3.63, 3.8) is 0 Å². The molecule has 1 heterocycles. The summed E-state index contributed by atoms with van der Waals surface area (Å²) in [5.74, 6) is 6.01. The van der Waals surface area contributed by atoms with Crippen molar-refractivity contribution in [3.05, 3.63) is 5.69 Å². The molecule has 1 aromatic rings. The molecule has 3 N–H and O–H groups in total. The summed E-state index contributed by atoms with van der Waals surface area (Å²) in [6, 6.07) is 0. The van der Waals surface area contributed by atoms with Crippen LogP contribution in [0.15, 0.2) is 0 Å². The Morgan fingerprint density at radius 1 is 1.53 bits per heavy atom. The zero-order valence-corrected chi connectivity index (χ0v) is 11.5. The predicted octanol–water partition coefficient (Wildman–Crippen LogP) is 0.928. The lowest BCUT2D eigenvalue weighted by Gasteiger charge is -2.23. The summed E-state index contributed by atoms with van der Waals surface area (Å²) >= 11 is 1.28. The first-order valence-corrected chi connectivity index (χ1v) is 6.43. The smallest absolute Gasteiger partial charge is 0.148 e. The van der Waals surface area contributed by atoms with Gasteiger partial charge in [-0.2, -0.15) is 0 Å². The van der Waals surface area contributed by atoms with Crippen LogP contribution in [0.5, 0.6) is 0 Å². The van der Waals surface area contributed by atoms with Gasteiger partial charge in [0, 0.05) is 38.3 Å². The number of nitrogen functional groups attached to an aromatic ring is 1. The Bertz CT molecular complexity index is 317. The topological polar surface area (TPSA) is 76.3 Å². The van der Waals surface area contributed by atoms with Crippen molar-refractivity contribution in [2.75, 3.05) is 32.2 Å². The molecule has 7 heteroatoms. The summed E-state index contributed by atoms with van der Waals surface area (Å²) in [5, 5.41) is 4.92. The van der Waals surface area contributed by atoms with Crippen LogP contribution in [-0.4, -0.2) is 41.3 Å². The highest BCUT2D eigenvalue weighted by molar-refractivity contribution is 7.10. The van der Waals surface area contributed by atoms with Crippen LogP contribution in [0.25, 0.3) is 0 Å². The zero-order chi connectivity index (χ0) is 12.7. The van der Waals surface area contributed by atoms with E-state index in [-0.39, 0.29) is 0 Å². The molecule has 6 nitrogen and oxygen atoms in total. The van der Waals surface area contributed by atoms with Gasteiger partial charge >= 0.3 is 0 Å². The molecule has 0 spiro atoms. The maximum absolute atomic E-state index is 5.41. The van der Waals surface area contributed by atoms with Crippen LogP contribution in [0.1, 0.15) is 19.5 Å². The van der Waals surface area contributed by atoms with Gasteiger partial charge in [0.15, 0.2) is 0 Å². The Morgan fingerprint density at radius 2 is 2.29 bits per heavy atom. The van der Waals surface area contributed by atoms with Crippen LogP contribution in [0.3, 0.4) is 0 Å². The zero-order valence-electron chi connectivity index (χ0n) is 10.6. The van der Waals surface area contributed by atoms with Crippen LogP contribution in [0.4, 0.5) is 5.00 Å². The van der Waals surface area contributed by atoms with Crippen molar-refractivity contribution in [2.24, 2.45) is 11.8 Å². The van der Waals surface area contributed by atoms with Gasteiger partial charge in [-0.15, -0.1) is 5.10 Å². The standard InChI is InChI=1S/C10H21N5OS/c1-8(2)6-15(4-5-16-3)7-9-10(12-11)17-14-13-9/h8,12H,4-7,11H2,1-3H3. The number of rotatable bonds is 8. The van der Waals surface area contributed by atoms with Gasteiger partial charge in [0.2, 0.25) is 0 Å². The van der Waals surface area contributed by atoms with E-state index in [2.05, 4.69) is 33.8 Å². The number of aromatic nitrogens is 2. The lowest BCUT2D eigenvalue weighted by atomic mass is 10.2. The Hall–Kier alpha value is -0.760. The van der Waals surface area contributed by atoms with Gasteiger partial charge in [-0.1, -0.05) is 18.3 Å². The molecule has 0 atom stereocenters. The lowest BCUT2D eigenvalue weighted by Crippen LogP contribution is -2.31. The monoisotopic (exact) mass is 259 g/mol. The molecular formula is C10H21N5OS. The Balaban J connectivity index is 2.58. The number of methoxy groups -OCH3 is 1. The second-order valence-corrected chi connectivity index (χ2v) is 5.07. The molecule has 0 radical (unpaired) electrons. The van der Waals surface area contributed by atoms with E-state index in [0.29, 0.717) is 5.92 Å². The summed E-state index contributed by atoms with van der Waals surface area (Å²) in [6.07, 6.45) is 0. The van der Waals surface area contributed by atoms with Crippen molar-refractivity contribution < 1.29 is 4.74 Å². The predicted molar refractivity (Wildman–Crippen MR) is 69.7 cm³/mol. The first kappa shape index (κ1) is 14.3. The fourth-order valence-electron chi connectivity index (χ4n) is 1.61. The van der Waals surface area contributed by atoms with Gasteiger partial charge in [0.1, 0.15) is 10.7 Å². The Morgan fingerprint density at radius 3 is 2.88 bits per heavy atom. The fourth-order valence-corrected chi connectivity index (χ4v) is 2.09. The molecule has 0 aromatic carbocycles. The number of anilines is 1. The summed E-state index contributed by atoms with van der Waals surface area (Å²) < 4.78 is 9.01. The molecule has 0 saturated carbocycles. The maximum atomic E-state index is 5.41. The molecule has 0 unspecified atom stereocenters. The van der Waals surface area contributed by atoms with E-state index in [1.165, 1.54) is 11.5 Å². The van der Waals surface area contributed by atoms with Gasteiger partial charge in [0.25, 0.3) is 0 Å². The third-order valence-electron chi connectivity index (χ3n) is 2.30. The molecule has 0 aliphatic carbocycles. The Kier molecular flexibility index (Phi) is 6.35. The quantitative estimate of drug-likeness (QED) is 0.534. The molecular weight excluding hydrogens is 238 g/mol. The van der Waals surface area contributed by atoms with E-state index >= 15 is 0 Å². The van der Waals surface area contributed by atoms with Crippen molar-refractivity contribution in [1.29, 1.82) is 0 Å². The molecule has 0 saturated heterocycles. The minimum atomic E-state index is 0.604. The van der Waals surface area contributed by atoms with Crippen molar-refractivity contribution in [1.82, 2.24) is 14.5 Å². The Labute approximate surface area is 106 Å². The number of hydrazine groups is 1. The molecule has 0 aliphatic rings. The van der Waals surface area contributed by atoms with Gasteiger partial charge in [-0.25, -0.2) is 5.84 Å². The molecule has 0 aliphatic heterocycles. The maximum Gasteiger partial charge on any atom is 0.148 e.